The topological polar surface area (TPSA) is 32.3 Å². The maximum atomic E-state index is 4.31. The number of nitrogens with zero attached hydrogens (tertiary/aromatic N) is 4. The third kappa shape index (κ3) is 3.25. The van der Waals surface area contributed by atoms with E-state index in [-0.39, 0.29) is 0 Å². The molecule has 1 aromatic carbocycles. The van der Waals surface area contributed by atoms with Crippen LogP contribution in [-0.4, -0.2) is 51.6 Å². The fourth-order valence-corrected chi connectivity index (χ4v) is 4.88. The van der Waals surface area contributed by atoms with Crippen LogP contribution >= 0.6 is 11.5 Å². The predicted octanol–water partition coefficient (Wildman–Crippen LogP) is 2.95. The van der Waals surface area contributed by atoms with E-state index in [9.17, 15) is 0 Å². The molecule has 4 nitrogen and oxygen atoms in total. The van der Waals surface area contributed by atoms with Gasteiger partial charge in [0, 0.05) is 38.8 Å². The second-order valence-corrected chi connectivity index (χ2v) is 8.22. The number of hydrogen-bond donors (Lipinski definition) is 0. The second kappa shape index (κ2) is 6.90. The number of aromatic nitrogens is 2. The molecule has 1 aromatic heterocycles. The van der Waals surface area contributed by atoms with E-state index in [1.807, 2.05) is 0 Å². The molecule has 0 radical (unpaired) electrons. The molecule has 0 saturated carbocycles. The molecule has 5 heteroatoms. The smallest absolute Gasteiger partial charge is 0.0826 e. The Kier molecular flexibility index (Phi) is 4.66. The Morgan fingerprint density at radius 2 is 1.75 bits per heavy atom. The molecule has 24 heavy (non-hydrogen) atoms. The minimum atomic E-state index is 0.469. The summed E-state index contributed by atoms with van der Waals surface area (Å²) in [5.41, 5.74) is 4.30. The molecule has 0 amide bonds. The monoisotopic (exact) mass is 342 g/mol. The Bertz CT molecular complexity index is 663. The molecule has 0 spiro atoms. The molecule has 2 aliphatic rings. The maximum absolute atomic E-state index is 4.31. The lowest BCUT2D eigenvalue weighted by molar-refractivity contribution is 0.0953. The van der Waals surface area contributed by atoms with Gasteiger partial charge in [-0.3, -0.25) is 9.80 Å². The van der Waals surface area contributed by atoms with E-state index >= 15 is 0 Å². The van der Waals surface area contributed by atoms with Crippen LogP contribution in [0.5, 0.6) is 0 Å². The van der Waals surface area contributed by atoms with Crippen LogP contribution in [0.1, 0.15) is 41.5 Å². The lowest BCUT2D eigenvalue weighted by Crippen LogP contribution is -2.50. The summed E-state index contributed by atoms with van der Waals surface area (Å²) in [5.74, 6) is 0.469. The first kappa shape index (κ1) is 16.2. The van der Waals surface area contributed by atoms with Crippen molar-refractivity contribution in [2.45, 2.75) is 45.2 Å². The van der Waals surface area contributed by atoms with E-state index in [1.165, 1.54) is 36.5 Å². The van der Waals surface area contributed by atoms with Crippen molar-refractivity contribution in [3.05, 3.63) is 46.0 Å². The summed E-state index contributed by atoms with van der Waals surface area (Å²) in [6.07, 6.45) is 2.46. The first-order valence-electron chi connectivity index (χ1n) is 9.05. The summed E-state index contributed by atoms with van der Waals surface area (Å²) in [6, 6.07) is 9.66. The van der Waals surface area contributed by atoms with Crippen molar-refractivity contribution < 1.29 is 0 Å². The predicted molar refractivity (Wildman–Crippen MR) is 98.5 cm³/mol. The largest absolute Gasteiger partial charge is 0.297 e. The second-order valence-electron chi connectivity index (χ2n) is 7.38. The van der Waals surface area contributed by atoms with Gasteiger partial charge in [0.25, 0.3) is 0 Å². The first-order valence-corrected chi connectivity index (χ1v) is 9.82. The van der Waals surface area contributed by atoms with Crippen LogP contribution in [0.4, 0.5) is 0 Å². The van der Waals surface area contributed by atoms with Crippen LogP contribution in [0.3, 0.4) is 0 Å². The molecule has 128 valence electrons. The molecule has 4 rings (SSSR count). The molecule has 0 unspecified atom stereocenters. The van der Waals surface area contributed by atoms with E-state index in [0.29, 0.717) is 12.0 Å². The third-order valence-electron chi connectivity index (χ3n) is 5.45. The summed E-state index contributed by atoms with van der Waals surface area (Å²) in [4.78, 5) is 6.62. The standard InChI is InChI=1S/C19H26N4S/c1-14(2)19-18(24-21-20-19)13-22-7-9-23(10-8-22)17-11-15-5-3-4-6-16(15)12-17/h3-6,14,17H,7-13H2,1-2H3. The molecular weight excluding hydrogens is 316 g/mol. The lowest BCUT2D eigenvalue weighted by atomic mass is 10.1. The number of hydrogen-bond acceptors (Lipinski definition) is 5. The minimum absolute atomic E-state index is 0.469. The average Bonchev–Trinajstić information content (AvgIpc) is 3.22. The normalized spacial score (nSPS) is 20.0. The fraction of sp³-hybridized carbons (Fsp3) is 0.579. The Morgan fingerprint density at radius 3 is 2.38 bits per heavy atom. The minimum Gasteiger partial charge on any atom is -0.297 e. The highest BCUT2D eigenvalue weighted by Crippen LogP contribution is 2.27. The molecule has 1 aliphatic heterocycles. The van der Waals surface area contributed by atoms with Crippen LogP contribution < -0.4 is 0 Å². The van der Waals surface area contributed by atoms with Gasteiger partial charge >= 0.3 is 0 Å². The van der Waals surface area contributed by atoms with Gasteiger partial charge < -0.3 is 0 Å². The summed E-state index contributed by atoms with van der Waals surface area (Å²) in [7, 11) is 0. The van der Waals surface area contributed by atoms with Crippen molar-refractivity contribution in [1.29, 1.82) is 0 Å². The van der Waals surface area contributed by atoms with E-state index in [0.717, 1.165) is 19.6 Å². The number of piperazine rings is 1. The van der Waals surface area contributed by atoms with Gasteiger partial charge in [-0.2, -0.15) is 0 Å². The molecule has 0 N–H and O–H groups in total. The number of benzene rings is 1. The summed E-state index contributed by atoms with van der Waals surface area (Å²) >= 11 is 1.57. The zero-order valence-corrected chi connectivity index (χ0v) is 15.4. The zero-order chi connectivity index (χ0) is 16.5. The average molecular weight is 343 g/mol. The molecule has 2 heterocycles. The number of rotatable bonds is 4. The number of fused-ring (bicyclic) bond motifs is 1. The molecule has 1 aliphatic carbocycles. The van der Waals surface area contributed by atoms with E-state index < -0.39 is 0 Å². The Labute approximate surface area is 148 Å². The summed E-state index contributed by atoms with van der Waals surface area (Å²) < 4.78 is 4.16. The highest BCUT2D eigenvalue weighted by molar-refractivity contribution is 7.05. The maximum Gasteiger partial charge on any atom is 0.0826 e. The summed E-state index contributed by atoms with van der Waals surface area (Å²) in [6.45, 7) is 10.1. The van der Waals surface area contributed by atoms with E-state index in [2.05, 4.69) is 57.5 Å². The van der Waals surface area contributed by atoms with Crippen molar-refractivity contribution in [2.24, 2.45) is 0 Å². The van der Waals surface area contributed by atoms with E-state index in [1.54, 1.807) is 22.7 Å². The van der Waals surface area contributed by atoms with Crippen molar-refractivity contribution in [2.75, 3.05) is 26.2 Å². The first-order chi connectivity index (χ1) is 11.7. The van der Waals surface area contributed by atoms with Gasteiger partial charge in [-0.05, 0) is 41.4 Å². The van der Waals surface area contributed by atoms with Gasteiger partial charge in [-0.15, -0.1) is 5.10 Å². The Morgan fingerprint density at radius 1 is 1.08 bits per heavy atom. The molecule has 2 aromatic rings. The van der Waals surface area contributed by atoms with Gasteiger partial charge in [0.2, 0.25) is 0 Å². The Balaban J connectivity index is 1.32. The fourth-order valence-electron chi connectivity index (χ4n) is 4.05. The van der Waals surface area contributed by atoms with Gasteiger partial charge in [-0.25, -0.2) is 0 Å². The molecule has 1 fully saturated rings. The Hall–Kier alpha value is -1.30. The molecule has 0 bridgehead atoms. The zero-order valence-electron chi connectivity index (χ0n) is 14.6. The lowest BCUT2D eigenvalue weighted by Gasteiger charge is -2.38. The van der Waals surface area contributed by atoms with Gasteiger partial charge in [0.15, 0.2) is 0 Å². The quantitative estimate of drug-likeness (QED) is 0.855. The third-order valence-corrected chi connectivity index (χ3v) is 6.17. The molecule has 0 atom stereocenters. The van der Waals surface area contributed by atoms with Crippen LogP contribution in [-0.2, 0) is 19.4 Å². The van der Waals surface area contributed by atoms with Crippen molar-refractivity contribution in [3.63, 3.8) is 0 Å². The van der Waals surface area contributed by atoms with Crippen LogP contribution in [0.25, 0.3) is 0 Å². The van der Waals surface area contributed by atoms with Crippen LogP contribution in [0.15, 0.2) is 24.3 Å². The van der Waals surface area contributed by atoms with Gasteiger partial charge in [0.05, 0.1) is 10.6 Å². The van der Waals surface area contributed by atoms with Crippen LogP contribution in [0.2, 0.25) is 0 Å². The van der Waals surface area contributed by atoms with Gasteiger partial charge in [0.1, 0.15) is 0 Å². The summed E-state index contributed by atoms with van der Waals surface area (Å²) in [5, 5.41) is 4.31. The van der Waals surface area contributed by atoms with Crippen LogP contribution in [0, 0.1) is 0 Å². The van der Waals surface area contributed by atoms with Crippen molar-refractivity contribution >= 4 is 11.5 Å². The molecular formula is C19H26N4S. The SMILES string of the molecule is CC(C)c1nnsc1CN1CCN(C2Cc3ccccc3C2)CC1. The van der Waals surface area contributed by atoms with Crippen molar-refractivity contribution in [3.8, 4) is 0 Å². The van der Waals surface area contributed by atoms with Crippen molar-refractivity contribution in [1.82, 2.24) is 19.4 Å². The highest BCUT2D eigenvalue weighted by atomic mass is 32.1. The molecule has 1 saturated heterocycles. The highest BCUT2D eigenvalue weighted by Gasteiger charge is 2.29. The van der Waals surface area contributed by atoms with Gasteiger partial charge in [-0.1, -0.05) is 42.6 Å². The van der Waals surface area contributed by atoms with E-state index in [4.69, 9.17) is 0 Å².